The molecule has 1 atom stereocenters. The Hall–Kier alpha value is -1.40. The van der Waals surface area contributed by atoms with Crippen molar-refractivity contribution in [2.75, 3.05) is 13.4 Å². The smallest absolute Gasteiger partial charge is 0.339 e. The minimum Gasteiger partial charge on any atom is -0.467 e. The van der Waals surface area contributed by atoms with E-state index in [1.165, 1.54) is 24.3 Å². The van der Waals surface area contributed by atoms with Gasteiger partial charge in [0.05, 0.1) is 12.0 Å². The number of carbonyl (C=O) groups is 1. The first-order valence-corrected chi connectivity index (χ1v) is 6.31. The summed E-state index contributed by atoms with van der Waals surface area (Å²) in [5, 5.41) is 9.51. The van der Waals surface area contributed by atoms with E-state index in [-0.39, 0.29) is 10.5 Å². The molecule has 0 saturated heterocycles. The van der Waals surface area contributed by atoms with Gasteiger partial charge in [0.15, 0.2) is 15.9 Å². The van der Waals surface area contributed by atoms with Gasteiger partial charge in [0.2, 0.25) is 0 Å². The molecule has 1 N–H and O–H groups in total. The number of ether oxygens (including phenoxy) is 1. The van der Waals surface area contributed by atoms with Crippen molar-refractivity contribution in [3.05, 3.63) is 29.8 Å². The highest BCUT2D eigenvalue weighted by atomic mass is 32.2. The zero-order valence-electron chi connectivity index (χ0n) is 8.88. The SMILES string of the molecule is COC(=O)C(O)c1cccc(S(C)(=O)=O)c1. The number of aliphatic hydroxyl groups is 1. The molecule has 0 fully saturated rings. The van der Waals surface area contributed by atoms with Gasteiger partial charge in [-0.2, -0.15) is 0 Å². The predicted molar refractivity (Wildman–Crippen MR) is 56.5 cm³/mol. The van der Waals surface area contributed by atoms with Crippen LogP contribution in [0.2, 0.25) is 0 Å². The zero-order valence-corrected chi connectivity index (χ0v) is 9.69. The Bertz CT molecular complexity index is 492. The minimum atomic E-state index is -3.35. The van der Waals surface area contributed by atoms with Gasteiger partial charge in [0.1, 0.15) is 0 Å². The summed E-state index contributed by atoms with van der Waals surface area (Å²) in [5.74, 6) is -0.828. The number of carbonyl (C=O) groups excluding carboxylic acids is 1. The highest BCUT2D eigenvalue weighted by Gasteiger charge is 2.19. The van der Waals surface area contributed by atoms with E-state index in [0.29, 0.717) is 0 Å². The van der Waals surface area contributed by atoms with Crippen LogP contribution in [0.5, 0.6) is 0 Å². The van der Waals surface area contributed by atoms with Crippen molar-refractivity contribution in [1.29, 1.82) is 0 Å². The Morgan fingerprint density at radius 3 is 2.56 bits per heavy atom. The molecule has 88 valence electrons. The van der Waals surface area contributed by atoms with Gasteiger partial charge in [-0.1, -0.05) is 12.1 Å². The van der Waals surface area contributed by atoms with Gasteiger partial charge in [-0.3, -0.25) is 0 Å². The van der Waals surface area contributed by atoms with E-state index in [2.05, 4.69) is 4.74 Å². The highest BCUT2D eigenvalue weighted by Crippen LogP contribution is 2.18. The first kappa shape index (κ1) is 12.7. The van der Waals surface area contributed by atoms with Crippen molar-refractivity contribution in [2.24, 2.45) is 0 Å². The molecule has 0 saturated carbocycles. The molecule has 6 heteroatoms. The lowest BCUT2D eigenvalue weighted by Crippen LogP contribution is -2.13. The van der Waals surface area contributed by atoms with Gasteiger partial charge in [0, 0.05) is 6.26 Å². The van der Waals surface area contributed by atoms with E-state index in [0.717, 1.165) is 13.4 Å². The zero-order chi connectivity index (χ0) is 12.3. The monoisotopic (exact) mass is 244 g/mol. The summed E-state index contributed by atoms with van der Waals surface area (Å²) in [7, 11) is -2.21. The number of sulfone groups is 1. The van der Waals surface area contributed by atoms with Crippen molar-refractivity contribution < 1.29 is 23.1 Å². The van der Waals surface area contributed by atoms with Gasteiger partial charge in [0.25, 0.3) is 0 Å². The molecule has 1 aromatic carbocycles. The van der Waals surface area contributed by atoms with Crippen LogP contribution >= 0.6 is 0 Å². The van der Waals surface area contributed by atoms with Gasteiger partial charge < -0.3 is 9.84 Å². The fourth-order valence-electron chi connectivity index (χ4n) is 1.16. The third kappa shape index (κ3) is 2.80. The van der Waals surface area contributed by atoms with E-state index in [9.17, 15) is 18.3 Å². The number of benzene rings is 1. The van der Waals surface area contributed by atoms with Crippen LogP contribution in [-0.2, 0) is 19.4 Å². The molecule has 0 spiro atoms. The molecular formula is C10H12O5S. The molecule has 1 unspecified atom stereocenters. The second kappa shape index (κ2) is 4.63. The van der Waals surface area contributed by atoms with Crippen LogP contribution in [0.4, 0.5) is 0 Å². The predicted octanol–water partition coefficient (Wildman–Crippen LogP) is 0.296. The van der Waals surface area contributed by atoms with Gasteiger partial charge >= 0.3 is 5.97 Å². The molecule has 0 bridgehead atoms. The second-order valence-electron chi connectivity index (χ2n) is 3.27. The second-order valence-corrected chi connectivity index (χ2v) is 5.29. The van der Waals surface area contributed by atoms with Gasteiger partial charge in [-0.05, 0) is 17.7 Å². The standard InChI is InChI=1S/C10H12O5S/c1-15-10(12)9(11)7-4-3-5-8(6-7)16(2,13)14/h3-6,9,11H,1-2H3. The Morgan fingerprint density at radius 2 is 2.06 bits per heavy atom. The Labute approximate surface area is 93.6 Å². The van der Waals surface area contributed by atoms with Gasteiger partial charge in [-0.15, -0.1) is 0 Å². The summed E-state index contributed by atoms with van der Waals surface area (Å²) < 4.78 is 26.9. The molecule has 0 aromatic heterocycles. The molecule has 0 radical (unpaired) electrons. The molecule has 1 rings (SSSR count). The molecule has 16 heavy (non-hydrogen) atoms. The first-order chi connectivity index (χ1) is 7.36. The fraction of sp³-hybridized carbons (Fsp3) is 0.300. The van der Waals surface area contributed by atoms with Crippen LogP contribution in [0.25, 0.3) is 0 Å². The van der Waals surface area contributed by atoms with Crippen molar-refractivity contribution in [3.8, 4) is 0 Å². The average molecular weight is 244 g/mol. The van der Waals surface area contributed by atoms with E-state index in [4.69, 9.17) is 0 Å². The maximum Gasteiger partial charge on any atom is 0.339 e. The third-order valence-electron chi connectivity index (χ3n) is 2.03. The molecule has 0 heterocycles. The molecule has 0 aliphatic carbocycles. The molecule has 0 aliphatic rings. The number of methoxy groups -OCH3 is 1. The fourth-order valence-corrected chi connectivity index (χ4v) is 1.84. The van der Waals surface area contributed by atoms with Crippen LogP contribution in [0.3, 0.4) is 0 Å². The van der Waals surface area contributed by atoms with E-state index in [1.54, 1.807) is 0 Å². The van der Waals surface area contributed by atoms with Gasteiger partial charge in [-0.25, -0.2) is 13.2 Å². The Balaban J connectivity index is 3.13. The van der Waals surface area contributed by atoms with Crippen LogP contribution in [-0.4, -0.2) is 32.9 Å². The summed E-state index contributed by atoms with van der Waals surface area (Å²) in [6.07, 6.45) is -0.414. The molecule has 0 amide bonds. The van der Waals surface area contributed by atoms with Crippen LogP contribution in [0.15, 0.2) is 29.2 Å². The lowest BCUT2D eigenvalue weighted by molar-refractivity contribution is -0.150. The molecular weight excluding hydrogens is 232 g/mol. The first-order valence-electron chi connectivity index (χ1n) is 4.42. The highest BCUT2D eigenvalue weighted by molar-refractivity contribution is 7.90. The van der Waals surface area contributed by atoms with Crippen molar-refractivity contribution in [1.82, 2.24) is 0 Å². The third-order valence-corrected chi connectivity index (χ3v) is 3.14. The van der Waals surface area contributed by atoms with Crippen molar-refractivity contribution in [2.45, 2.75) is 11.0 Å². The minimum absolute atomic E-state index is 0.0490. The maximum absolute atomic E-state index is 11.2. The molecule has 1 aromatic rings. The number of esters is 1. The normalized spacial score (nSPS) is 13.2. The average Bonchev–Trinajstić information content (AvgIpc) is 2.26. The quantitative estimate of drug-likeness (QED) is 0.773. The van der Waals surface area contributed by atoms with Crippen LogP contribution < -0.4 is 0 Å². The summed E-state index contributed by atoms with van der Waals surface area (Å²) in [4.78, 5) is 11.1. The number of hydrogen-bond acceptors (Lipinski definition) is 5. The van der Waals surface area contributed by atoms with E-state index < -0.39 is 21.9 Å². The largest absolute Gasteiger partial charge is 0.467 e. The topological polar surface area (TPSA) is 80.7 Å². The van der Waals surface area contributed by atoms with Crippen LogP contribution in [0.1, 0.15) is 11.7 Å². The summed E-state index contributed by atoms with van der Waals surface area (Å²) >= 11 is 0. The lowest BCUT2D eigenvalue weighted by Gasteiger charge is -2.09. The molecule has 0 aliphatic heterocycles. The summed E-state index contributed by atoms with van der Waals surface area (Å²) in [6, 6.07) is 5.55. The summed E-state index contributed by atoms with van der Waals surface area (Å²) in [6.45, 7) is 0. The van der Waals surface area contributed by atoms with Crippen molar-refractivity contribution in [3.63, 3.8) is 0 Å². The maximum atomic E-state index is 11.2. The Morgan fingerprint density at radius 1 is 1.44 bits per heavy atom. The van der Waals surface area contributed by atoms with Crippen LogP contribution in [0, 0.1) is 0 Å². The summed E-state index contributed by atoms with van der Waals surface area (Å²) in [5.41, 5.74) is 0.190. The number of hydrogen-bond donors (Lipinski definition) is 1. The number of rotatable bonds is 3. The van der Waals surface area contributed by atoms with E-state index >= 15 is 0 Å². The lowest BCUT2D eigenvalue weighted by atomic mass is 10.1. The molecule has 5 nitrogen and oxygen atoms in total. The Kier molecular flexibility index (Phi) is 3.66. The number of aliphatic hydroxyl groups excluding tert-OH is 1. The van der Waals surface area contributed by atoms with Crippen molar-refractivity contribution >= 4 is 15.8 Å². The van der Waals surface area contributed by atoms with E-state index in [1.807, 2.05) is 0 Å².